The Kier molecular flexibility index (Phi) is 3.10. The van der Waals surface area contributed by atoms with Crippen molar-refractivity contribution in [1.29, 1.82) is 0 Å². The van der Waals surface area contributed by atoms with Crippen molar-refractivity contribution in [2.24, 2.45) is 5.92 Å². The molecular formula is C18H18N2O2. The van der Waals surface area contributed by atoms with E-state index < -0.39 is 0 Å². The number of fused-ring (bicyclic) bond motifs is 4. The van der Waals surface area contributed by atoms with Gasteiger partial charge in [0, 0.05) is 48.6 Å². The number of pyridine rings is 1. The van der Waals surface area contributed by atoms with Gasteiger partial charge in [-0.05, 0) is 42.7 Å². The normalized spacial score (nSPS) is 23.0. The number of carbonyl (C=O) groups is 1. The number of carbonyl (C=O) groups excluding carboxylic acids is 1. The highest BCUT2D eigenvalue weighted by Crippen LogP contribution is 2.36. The number of piperidine rings is 1. The molecule has 22 heavy (non-hydrogen) atoms. The maximum absolute atomic E-state index is 12.0. The third-order valence-electron chi connectivity index (χ3n) is 4.87. The quantitative estimate of drug-likeness (QED) is 0.798. The summed E-state index contributed by atoms with van der Waals surface area (Å²) in [5, 5.41) is 0. The van der Waals surface area contributed by atoms with Crippen molar-refractivity contribution >= 4 is 12.0 Å². The molecule has 2 aromatic rings. The molecule has 0 spiro atoms. The first-order valence-electron chi connectivity index (χ1n) is 7.74. The highest BCUT2D eigenvalue weighted by Gasteiger charge is 2.34. The number of hydrogen-bond acceptors (Lipinski definition) is 3. The average molecular weight is 294 g/mol. The molecular weight excluding hydrogens is 276 g/mol. The van der Waals surface area contributed by atoms with Gasteiger partial charge in [-0.15, -0.1) is 0 Å². The maximum Gasteiger partial charge on any atom is 0.250 e. The maximum atomic E-state index is 12.0. The second-order valence-electron chi connectivity index (χ2n) is 6.31. The van der Waals surface area contributed by atoms with Gasteiger partial charge in [0.2, 0.25) is 0 Å². The largest absolute Gasteiger partial charge is 0.371 e. The molecule has 2 atom stereocenters. The van der Waals surface area contributed by atoms with E-state index in [-0.39, 0.29) is 5.56 Å². The summed E-state index contributed by atoms with van der Waals surface area (Å²) in [5.74, 6) is 0.921. The summed E-state index contributed by atoms with van der Waals surface area (Å²) in [6.45, 7) is 2.71. The van der Waals surface area contributed by atoms with Gasteiger partial charge < -0.3 is 9.47 Å². The van der Waals surface area contributed by atoms with Crippen LogP contribution in [0, 0.1) is 5.92 Å². The van der Waals surface area contributed by atoms with Crippen LogP contribution >= 0.6 is 0 Å². The standard InChI is InChI=1S/C18H18N2O2/c21-12-13-4-6-16(7-5-13)19-9-14-8-15(11-19)17-2-1-3-18(22)20(17)10-14/h1-7,12,14-15H,8-11H2/t14-,15-/m0/s1. The molecule has 0 unspecified atom stereocenters. The Morgan fingerprint density at radius 3 is 2.59 bits per heavy atom. The van der Waals surface area contributed by atoms with E-state index in [0.29, 0.717) is 17.4 Å². The first-order valence-corrected chi connectivity index (χ1v) is 7.74. The average Bonchev–Trinajstić information content (AvgIpc) is 2.56. The van der Waals surface area contributed by atoms with Crippen LogP contribution in [-0.2, 0) is 6.54 Å². The molecule has 1 aromatic heterocycles. The van der Waals surface area contributed by atoms with Crippen LogP contribution in [-0.4, -0.2) is 23.9 Å². The fraction of sp³-hybridized carbons (Fsp3) is 0.333. The number of aromatic nitrogens is 1. The van der Waals surface area contributed by atoms with Crippen molar-refractivity contribution in [3.05, 3.63) is 64.1 Å². The lowest BCUT2D eigenvalue weighted by Gasteiger charge is -2.43. The molecule has 4 nitrogen and oxygen atoms in total. The second kappa shape index (κ2) is 5.13. The molecule has 1 aromatic carbocycles. The molecule has 0 radical (unpaired) electrons. The Labute approximate surface area is 129 Å². The van der Waals surface area contributed by atoms with E-state index in [4.69, 9.17) is 0 Å². The van der Waals surface area contributed by atoms with Gasteiger partial charge in [-0.1, -0.05) is 6.07 Å². The molecule has 4 heteroatoms. The van der Waals surface area contributed by atoms with Gasteiger partial charge >= 0.3 is 0 Å². The molecule has 2 aliphatic rings. The number of benzene rings is 1. The highest BCUT2D eigenvalue weighted by molar-refractivity contribution is 5.75. The Morgan fingerprint density at radius 1 is 1.00 bits per heavy atom. The topological polar surface area (TPSA) is 42.3 Å². The minimum Gasteiger partial charge on any atom is -0.371 e. The van der Waals surface area contributed by atoms with Gasteiger partial charge in [-0.25, -0.2) is 0 Å². The van der Waals surface area contributed by atoms with Crippen LogP contribution in [0.2, 0.25) is 0 Å². The van der Waals surface area contributed by atoms with Crippen molar-refractivity contribution in [2.45, 2.75) is 18.9 Å². The second-order valence-corrected chi connectivity index (χ2v) is 6.31. The van der Waals surface area contributed by atoms with E-state index >= 15 is 0 Å². The molecule has 2 aliphatic heterocycles. The van der Waals surface area contributed by atoms with E-state index in [9.17, 15) is 9.59 Å². The van der Waals surface area contributed by atoms with Crippen LogP contribution < -0.4 is 10.5 Å². The van der Waals surface area contributed by atoms with Crippen LogP contribution in [0.15, 0.2) is 47.3 Å². The van der Waals surface area contributed by atoms with Crippen LogP contribution in [0.5, 0.6) is 0 Å². The summed E-state index contributed by atoms with van der Waals surface area (Å²) in [4.78, 5) is 25.2. The highest BCUT2D eigenvalue weighted by atomic mass is 16.1. The van der Waals surface area contributed by atoms with Crippen molar-refractivity contribution in [1.82, 2.24) is 4.57 Å². The minimum atomic E-state index is 0.121. The van der Waals surface area contributed by atoms with Gasteiger partial charge in [-0.3, -0.25) is 9.59 Å². The zero-order chi connectivity index (χ0) is 15.1. The molecule has 0 aliphatic carbocycles. The number of hydrogen-bond donors (Lipinski definition) is 0. The first kappa shape index (κ1) is 13.3. The van der Waals surface area contributed by atoms with Crippen molar-refractivity contribution in [3.63, 3.8) is 0 Å². The molecule has 3 heterocycles. The predicted molar refractivity (Wildman–Crippen MR) is 85.6 cm³/mol. The lowest BCUT2D eigenvalue weighted by Crippen LogP contribution is -2.47. The van der Waals surface area contributed by atoms with Crippen LogP contribution in [0.4, 0.5) is 5.69 Å². The number of rotatable bonds is 2. The molecule has 4 rings (SSSR count). The third kappa shape index (κ3) is 2.15. The molecule has 112 valence electrons. The van der Waals surface area contributed by atoms with Gasteiger partial charge in [-0.2, -0.15) is 0 Å². The molecule has 2 bridgehead atoms. The fourth-order valence-electron chi connectivity index (χ4n) is 3.87. The van der Waals surface area contributed by atoms with E-state index in [1.54, 1.807) is 6.07 Å². The van der Waals surface area contributed by atoms with Crippen LogP contribution in [0.3, 0.4) is 0 Å². The Balaban J connectivity index is 1.65. The zero-order valence-electron chi connectivity index (χ0n) is 12.3. The summed E-state index contributed by atoms with van der Waals surface area (Å²) in [6.07, 6.45) is 2.03. The summed E-state index contributed by atoms with van der Waals surface area (Å²) in [5.41, 5.74) is 3.15. The fourth-order valence-corrected chi connectivity index (χ4v) is 3.87. The minimum absolute atomic E-state index is 0.121. The Hall–Kier alpha value is -2.36. The van der Waals surface area contributed by atoms with Crippen LogP contribution in [0.1, 0.15) is 28.4 Å². The van der Waals surface area contributed by atoms with Gasteiger partial charge in [0.15, 0.2) is 0 Å². The molecule has 1 fully saturated rings. The van der Waals surface area contributed by atoms with Crippen molar-refractivity contribution in [3.8, 4) is 0 Å². The smallest absolute Gasteiger partial charge is 0.250 e. The number of aldehydes is 1. The van der Waals surface area contributed by atoms with E-state index in [2.05, 4.69) is 11.0 Å². The summed E-state index contributed by atoms with van der Waals surface area (Å²) in [7, 11) is 0. The Bertz CT molecular complexity index is 763. The van der Waals surface area contributed by atoms with Gasteiger partial charge in [0.1, 0.15) is 6.29 Å². The Morgan fingerprint density at radius 2 is 1.82 bits per heavy atom. The molecule has 0 amide bonds. The van der Waals surface area contributed by atoms with E-state index in [1.807, 2.05) is 34.9 Å². The zero-order valence-corrected chi connectivity index (χ0v) is 12.3. The van der Waals surface area contributed by atoms with Gasteiger partial charge in [0.25, 0.3) is 5.56 Å². The predicted octanol–water partition coefficient (Wildman–Crippen LogP) is 2.28. The third-order valence-corrected chi connectivity index (χ3v) is 4.87. The monoisotopic (exact) mass is 294 g/mol. The van der Waals surface area contributed by atoms with Crippen LogP contribution in [0.25, 0.3) is 0 Å². The molecule has 1 saturated heterocycles. The lowest BCUT2D eigenvalue weighted by atomic mass is 9.83. The molecule has 0 N–H and O–H groups in total. The van der Waals surface area contributed by atoms with Crippen molar-refractivity contribution in [2.75, 3.05) is 18.0 Å². The van der Waals surface area contributed by atoms with E-state index in [1.165, 1.54) is 0 Å². The van der Waals surface area contributed by atoms with Gasteiger partial charge in [0.05, 0.1) is 0 Å². The summed E-state index contributed by atoms with van der Waals surface area (Å²) in [6, 6.07) is 13.4. The van der Waals surface area contributed by atoms with E-state index in [0.717, 1.165) is 43.7 Å². The summed E-state index contributed by atoms with van der Waals surface area (Å²) >= 11 is 0. The summed E-state index contributed by atoms with van der Waals surface area (Å²) < 4.78 is 1.95. The lowest BCUT2D eigenvalue weighted by molar-refractivity contribution is 0.112. The molecule has 0 saturated carbocycles. The first-order chi connectivity index (χ1) is 10.7. The number of anilines is 1. The SMILES string of the molecule is O=Cc1ccc(N2C[C@@H]3C[C@@H](C2)c2cccc(=O)n2C3)cc1. The number of nitrogens with zero attached hydrogens (tertiary/aromatic N) is 2. The van der Waals surface area contributed by atoms with Crippen molar-refractivity contribution < 1.29 is 4.79 Å².